The molecule has 0 fully saturated rings. The SMILES string of the molecule is CC(C)C(C)(O)CNc1ccccc1OC(F)(F)F. The van der Waals surface area contributed by atoms with Gasteiger partial charge in [0.2, 0.25) is 0 Å². The summed E-state index contributed by atoms with van der Waals surface area (Å²) in [6.07, 6.45) is -4.74. The number of hydrogen-bond donors (Lipinski definition) is 2. The highest BCUT2D eigenvalue weighted by molar-refractivity contribution is 5.56. The summed E-state index contributed by atoms with van der Waals surface area (Å²) in [7, 11) is 0. The number of alkyl halides is 3. The molecule has 0 aliphatic heterocycles. The first-order valence-electron chi connectivity index (χ1n) is 5.93. The third kappa shape index (κ3) is 4.98. The number of para-hydroxylation sites is 2. The summed E-state index contributed by atoms with van der Waals surface area (Å²) >= 11 is 0. The first kappa shape index (κ1) is 15.6. The number of aliphatic hydroxyl groups is 1. The Morgan fingerprint density at radius 3 is 2.37 bits per heavy atom. The minimum Gasteiger partial charge on any atom is -0.404 e. The van der Waals surface area contributed by atoms with Crippen LogP contribution in [0.2, 0.25) is 0 Å². The van der Waals surface area contributed by atoms with Gasteiger partial charge in [-0.2, -0.15) is 0 Å². The van der Waals surface area contributed by atoms with Crippen molar-refractivity contribution < 1.29 is 23.0 Å². The number of hydrogen-bond acceptors (Lipinski definition) is 3. The summed E-state index contributed by atoms with van der Waals surface area (Å²) in [5, 5.41) is 12.8. The molecule has 0 bridgehead atoms. The molecule has 0 aliphatic carbocycles. The third-order valence-electron chi connectivity index (χ3n) is 2.99. The molecular weight excluding hydrogens is 259 g/mol. The minimum absolute atomic E-state index is 0.0318. The van der Waals surface area contributed by atoms with Crippen molar-refractivity contribution in [2.75, 3.05) is 11.9 Å². The van der Waals surface area contributed by atoms with Crippen molar-refractivity contribution in [1.29, 1.82) is 0 Å². The van der Waals surface area contributed by atoms with Gasteiger partial charge in [-0.15, -0.1) is 13.2 Å². The van der Waals surface area contributed by atoms with Gasteiger partial charge in [0.1, 0.15) is 0 Å². The summed E-state index contributed by atoms with van der Waals surface area (Å²) in [5.74, 6) is -0.342. The van der Waals surface area contributed by atoms with E-state index in [1.54, 1.807) is 13.0 Å². The highest BCUT2D eigenvalue weighted by Crippen LogP contribution is 2.30. The molecule has 108 valence electrons. The van der Waals surface area contributed by atoms with Gasteiger partial charge in [0, 0.05) is 6.54 Å². The zero-order valence-electron chi connectivity index (χ0n) is 11.1. The molecule has 3 nitrogen and oxygen atoms in total. The molecule has 19 heavy (non-hydrogen) atoms. The second-order valence-corrected chi connectivity index (χ2v) is 4.91. The fraction of sp³-hybridized carbons (Fsp3) is 0.538. The minimum atomic E-state index is -4.74. The molecule has 6 heteroatoms. The Morgan fingerprint density at radius 1 is 1.26 bits per heavy atom. The van der Waals surface area contributed by atoms with Crippen LogP contribution in [0.25, 0.3) is 0 Å². The van der Waals surface area contributed by atoms with Crippen molar-refractivity contribution in [3.63, 3.8) is 0 Å². The number of nitrogens with one attached hydrogen (secondary N) is 1. The standard InChI is InChI=1S/C13H18F3NO2/c1-9(2)12(3,18)8-17-10-6-4-5-7-11(10)19-13(14,15)16/h4-7,9,17-18H,8H2,1-3H3. The number of benzene rings is 1. The van der Waals surface area contributed by atoms with Crippen molar-refractivity contribution in [2.45, 2.75) is 32.7 Å². The van der Waals surface area contributed by atoms with Crippen LogP contribution in [0.4, 0.5) is 18.9 Å². The van der Waals surface area contributed by atoms with Crippen LogP contribution in [-0.4, -0.2) is 23.6 Å². The van der Waals surface area contributed by atoms with Crippen molar-refractivity contribution in [3.05, 3.63) is 24.3 Å². The Labute approximate surface area is 110 Å². The summed E-state index contributed by atoms with van der Waals surface area (Å²) in [6.45, 7) is 5.42. The van der Waals surface area contributed by atoms with E-state index in [0.29, 0.717) is 0 Å². The third-order valence-corrected chi connectivity index (χ3v) is 2.99. The van der Waals surface area contributed by atoms with Crippen LogP contribution in [0.15, 0.2) is 24.3 Å². The lowest BCUT2D eigenvalue weighted by atomic mass is 9.92. The van der Waals surface area contributed by atoms with Gasteiger partial charge in [0.05, 0.1) is 11.3 Å². The van der Waals surface area contributed by atoms with E-state index in [4.69, 9.17) is 0 Å². The lowest BCUT2D eigenvalue weighted by Gasteiger charge is -2.28. The van der Waals surface area contributed by atoms with Crippen LogP contribution in [0, 0.1) is 5.92 Å². The topological polar surface area (TPSA) is 41.5 Å². The smallest absolute Gasteiger partial charge is 0.404 e. The number of halogens is 3. The molecule has 0 amide bonds. The number of rotatable bonds is 5. The monoisotopic (exact) mass is 277 g/mol. The Kier molecular flexibility index (Phi) is 4.68. The van der Waals surface area contributed by atoms with Crippen molar-refractivity contribution in [3.8, 4) is 5.75 Å². The second kappa shape index (κ2) is 5.69. The van der Waals surface area contributed by atoms with E-state index in [-0.39, 0.29) is 23.9 Å². The number of ether oxygens (including phenoxy) is 1. The molecule has 1 aromatic rings. The molecule has 1 rings (SSSR count). The molecule has 0 aliphatic rings. The molecule has 0 radical (unpaired) electrons. The van der Waals surface area contributed by atoms with E-state index in [1.807, 2.05) is 13.8 Å². The van der Waals surface area contributed by atoms with Gasteiger partial charge < -0.3 is 15.2 Å². The predicted molar refractivity (Wildman–Crippen MR) is 67.1 cm³/mol. The predicted octanol–water partition coefficient (Wildman–Crippen LogP) is 3.40. The molecule has 1 atom stereocenters. The van der Waals surface area contributed by atoms with Crippen LogP contribution < -0.4 is 10.1 Å². The zero-order valence-corrected chi connectivity index (χ0v) is 11.1. The zero-order chi connectivity index (χ0) is 14.7. The van der Waals surface area contributed by atoms with Crippen LogP contribution in [0.1, 0.15) is 20.8 Å². The van der Waals surface area contributed by atoms with Crippen LogP contribution in [0.3, 0.4) is 0 Å². The Morgan fingerprint density at radius 2 is 1.84 bits per heavy atom. The largest absolute Gasteiger partial charge is 0.573 e. The van der Waals surface area contributed by atoms with Gasteiger partial charge in [0.25, 0.3) is 0 Å². The lowest BCUT2D eigenvalue weighted by molar-refractivity contribution is -0.274. The maximum atomic E-state index is 12.2. The lowest BCUT2D eigenvalue weighted by Crippen LogP contribution is -2.38. The van der Waals surface area contributed by atoms with Gasteiger partial charge in [-0.05, 0) is 25.0 Å². The van der Waals surface area contributed by atoms with Gasteiger partial charge >= 0.3 is 6.36 Å². The maximum Gasteiger partial charge on any atom is 0.573 e. The molecular formula is C13H18F3NO2. The normalized spacial score (nSPS) is 15.2. The van der Waals surface area contributed by atoms with E-state index in [1.165, 1.54) is 18.2 Å². The van der Waals surface area contributed by atoms with Gasteiger partial charge in [-0.3, -0.25) is 0 Å². The molecule has 0 aromatic heterocycles. The van der Waals surface area contributed by atoms with Crippen LogP contribution in [-0.2, 0) is 0 Å². The fourth-order valence-corrected chi connectivity index (χ4v) is 1.30. The van der Waals surface area contributed by atoms with Gasteiger partial charge in [-0.1, -0.05) is 26.0 Å². The fourth-order valence-electron chi connectivity index (χ4n) is 1.30. The summed E-state index contributed by atoms with van der Waals surface area (Å²) in [4.78, 5) is 0. The first-order valence-corrected chi connectivity index (χ1v) is 5.93. The molecule has 0 saturated carbocycles. The van der Waals surface area contributed by atoms with E-state index in [9.17, 15) is 18.3 Å². The van der Waals surface area contributed by atoms with Crippen LogP contribution >= 0.6 is 0 Å². The maximum absolute atomic E-state index is 12.2. The average molecular weight is 277 g/mol. The Hall–Kier alpha value is -1.43. The molecule has 1 unspecified atom stereocenters. The Balaban J connectivity index is 2.79. The molecule has 0 heterocycles. The highest BCUT2D eigenvalue weighted by atomic mass is 19.4. The summed E-state index contributed by atoms with van der Waals surface area (Å²) in [5.41, 5.74) is -0.827. The second-order valence-electron chi connectivity index (χ2n) is 4.91. The van der Waals surface area contributed by atoms with E-state index < -0.39 is 12.0 Å². The quantitative estimate of drug-likeness (QED) is 0.866. The molecule has 0 spiro atoms. The highest BCUT2D eigenvalue weighted by Gasteiger charge is 2.32. The van der Waals surface area contributed by atoms with Crippen molar-refractivity contribution in [1.82, 2.24) is 0 Å². The van der Waals surface area contributed by atoms with Gasteiger partial charge in [0.15, 0.2) is 5.75 Å². The first-order chi connectivity index (χ1) is 8.62. The van der Waals surface area contributed by atoms with Crippen molar-refractivity contribution in [2.24, 2.45) is 5.92 Å². The number of anilines is 1. The van der Waals surface area contributed by atoms with Crippen LogP contribution in [0.5, 0.6) is 5.75 Å². The molecule has 2 N–H and O–H groups in total. The van der Waals surface area contributed by atoms with Gasteiger partial charge in [-0.25, -0.2) is 0 Å². The summed E-state index contributed by atoms with van der Waals surface area (Å²) in [6, 6.07) is 5.74. The average Bonchev–Trinajstić information content (AvgIpc) is 2.25. The molecule has 0 saturated heterocycles. The summed E-state index contributed by atoms with van der Waals surface area (Å²) < 4.78 is 40.6. The van der Waals surface area contributed by atoms with Crippen molar-refractivity contribution >= 4 is 5.69 Å². The van der Waals surface area contributed by atoms with E-state index in [2.05, 4.69) is 10.1 Å². The van der Waals surface area contributed by atoms with E-state index in [0.717, 1.165) is 0 Å². The Bertz CT molecular complexity index is 417. The van der Waals surface area contributed by atoms with E-state index >= 15 is 0 Å². The molecule has 1 aromatic carbocycles.